The molecule has 19 heavy (non-hydrogen) atoms. The molecule has 0 N–H and O–H groups in total. The van der Waals surface area contributed by atoms with Crippen molar-refractivity contribution in [2.75, 3.05) is 0 Å². The van der Waals surface area contributed by atoms with Crippen molar-refractivity contribution >= 4 is 6.04 Å². The van der Waals surface area contributed by atoms with Crippen molar-refractivity contribution in [2.45, 2.75) is 19.3 Å². The molecule has 2 aromatic rings. The van der Waals surface area contributed by atoms with Gasteiger partial charge in [0.2, 0.25) is 0 Å². The van der Waals surface area contributed by atoms with Gasteiger partial charge in [-0.15, -0.1) is 0 Å². The molecule has 1 aromatic heterocycles. The fraction of sp³-hybridized carbons (Fsp3) is 0.231. The van der Waals surface area contributed by atoms with Crippen molar-refractivity contribution in [3.63, 3.8) is 0 Å². The van der Waals surface area contributed by atoms with E-state index in [1.165, 1.54) is 19.1 Å². The lowest BCUT2D eigenvalue weighted by Crippen LogP contribution is -2.15. The van der Waals surface area contributed by atoms with Gasteiger partial charge in [0.15, 0.2) is 11.5 Å². The van der Waals surface area contributed by atoms with E-state index in [9.17, 15) is 18.0 Å². The van der Waals surface area contributed by atoms with E-state index in [1.54, 1.807) is 18.2 Å². The summed E-state index contributed by atoms with van der Waals surface area (Å²) in [5.74, 6) is -3.67. The second kappa shape index (κ2) is 4.87. The number of carbonyl (C=O) groups excluding carboxylic acids is 1. The van der Waals surface area contributed by atoms with Crippen LogP contribution in [0.15, 0.2) is 34.9 Å². The van der Waals surface area contributed by atoms with Gasteiger partial charge in [-0.1, -0.05) is 42.4 Å². The van der Waals surface area contributed by atoms with Gasteiger partial charge in [-0.3, -0.25) is 4.79 Å². The summed E-state index contributed by atoms with van der Waals surface area (Å²) in [7, 11) is 0. The van der Waals surface area contributed by atoms with Crippen molar-refractivity contribution in [1.82, 2.24) is 5.16 Å². The van der Waals surface area contributed by atoms with E-state index in [2.05, 4.69) is 5.16 Å². The Morgan fingerprint density at radius 1 is 1.32 bits per heavy atom. The largest absolute Gasteiger partial charge is 0.355 e. The molecule has 0 amide bonds. The van der Waals surface area contributed by atoms with Gasteiger partial charge in [0.05, 0.1) is 0 Å². The van der Waals surface area contributed by atoms with Crippen LogP contribution in [-0.4, -0.2) is 11.2 Å². The van der Waals surface area contributed by atoms with E-state index in [1.807, 2.05) is 0 Å². The molecule has 0 unspecified atom stereocenters. The SMILES string of the molecule is CCC(F)(F)c1c(C(=O)F)noc1-c1ccccc1. The van der Waals surface area contributed by atoms with E-state index in [0.717, 1.165) is 0 Å². The summed E-state index contributed by atoms with van der Waals surface area (Å²) in [6, 6.07) is 5.92. The molecule has 0 fully saturated rings. The van der Waals surface area contributed by atoms with E-state index >= 15 is 0 Å². The minimum absolute atomic E-state index is 0.284. The van der Waals surface area contributed by atoms with Crippen molar-refractivity contribution in [2.24, 2.45) is 0 Å². The second-order valence-corrected chi connectivity index (χ2v) is 3.93. The Balaban J connectivity index is 2.67. The molecule has 3 nitrogen and oxygen atoms in total. The third-order valence-corrected chi connectivity index (χ3v) is 2.72. The van der Waals surface area contributed by atoms with Crippen molar-refractivity contribution in [1.29, 1.82) is 0 Å². The maximum atomic E-state index is 13.9. The highest BCUT2D eigenvalue weighted by molar-refractivity contribution is 5.90. The quantitative estimate of drug-likeness (QED) is 0.789. The smallest absolute Gasteiger partial charge is 0.354 e. The molecule has 0 aliphatic carbocycles. The van der Waals surface area contributed by atoms with Gasteiger partial charge in [-0.05, 0) is 0 Å². The van der Waals surface area contributed by atoms with Gasteiger partial charge < -0.3 is 4.52 Å². The number of alkyl halides is 2. The summed E-state index contributed by atoms with van der Waals surface area (Å²) >= 11 is 0. The molecular formula is C13H10F3NO2. The lowest BCUT2D eigenvalue weighted by atomic mass is 9.99. The Bertz CT molecular complexity index is 593. The first-order valence-electron chi connectivity index (χ1n) is 5.60. The average Bonchev–Trinajstić information content (AvgIpc) is 2.85. The molecule has 0 spiro atoms. The number of aromatic nitrogens is 1. The van der Waals surface area contributed by atoms with Crippen LogP contribution in [0.25, 0.3) is 11.3 Å². The van der Waals surface area contributed by atoms with Crippen LogP contribution < -0.4 is 0 Å². The van der Waals surface area contributed by atoms with E-state index in [-0.39, 0.29) is 5.76 Å². The predicted molar refractivity (Wildman–Crippen MR) is 61.6 cm³/mol. The van der Waals surface area contributed by atoms with Gasteiger partial charge in [0, 0.05) is 12.0 Å². The molecule has 0 saturated heterocycles. The number of benzene rings is 1. The van der Waals surface area contributed by atoms with Crippen LogP contribution in [0.1, 0.15) is 29.4 Å². The van der Waals surface area contributed by atoms with Gasteiger partial charge in [-0.25, -0.2) is 8.78 Å². The molecule has 0 aliphatic heterocycles. The van der Waals surface area contributed by atoms with Gasteiger partial charge in [0.25, 0.3) is 5.92 Å². The summed E-state index contributed by atoms with van der Waals surface area (Å²) in [6.45, 7) is 1.23. The summed E-state index contributed by atoms with van der Waals surface area (Å²) < 4.78 is 45.3. The molecule has 0 bridgehead atoms. The fourth-order valence-electron chi connectivity index (χ4n) is 1.73. The molecule has 2 rings (SSSR count). The monoisotopic (exact) mass is 269 g/mol. The van der Waals surface area contributed by atoms with Crippen LogP contribution in [0.3, 0.4) is 0 Å². The Morgan fingerprint density at radius 3 is 2.47 bits per heavy atom. The number of hydrogen-bond donors (Lipinski definition) is 0. The first-order chi connectivity index (χ1) is 8.97. The molecule has 1 aromatic carbocycles. The van der Waals surface area contributed by atoms with Crippen molar-refractivity contribution < 1.29 is 22.5 Å². The Labute approximate surface area is 107 Å². The maximum Gasteiger partial charge on any atom is 0.354 e. The number of halogens is 3. The van der Waals surface area contributed by atoms with E-state index < -0.39 is 29.6 Å². The Morgan fingerprint density at radius 2 is 1.95 bits per heavy atom. The molecule has 0 aliphatic rings. The summed E-state index contributed by atoms with van der Waals surface area (Å²) in [5.41, 5.74) is -1.45. The Kier molecular flexibility index (Phi) is 3.42. The van der Waals surface area contributed by atoms with Crippen molar-refractivity contribution in [3.8, 4) is 11.3 Å². The number of nitrogens with zero attached hydrogens (tertiary/aromatic N) is 1. The van der Waals surface area contributed by atoms with Crippen LogP contribution in [-0.2, 0) is 5.92 Å². The molecule has 1 heterocycles. The first-order valence-corrected chi connectivity index (χ1v) is 5.60. The van der Waals surface area contributed by atoms with Gasteiger partial charge in [-0.2, -0.15) is 4.39 Å². The normalized spacial score (nSPS) is 11.6. The average molecular weight is 269 g/mol. The minimum Gasteiger partial charge on any atom is -0.355 e. The molecule has 6 heteroatoms. The highest BCUT2D eigenvalue weighted by atomic mass is 19.3. The predicted octanol–water partition coefficient (Wildman–Crippen LogP) is 3.95. The zero-order valence-corrected chi connectivity index (χ0v) is 9.99. The van der Waals surface area contributed by atoms with Crippen molar-refractivity contribution in [3.05, 3.63) is 41.6 Å². The van der Waals surface area contributed by atoms with Crippen LogP contribution in [0, 0.1) is 0 Å². The molecule has 0 atom stereocenters. The van der Waals surface area contributed by atoms with Gasteiger partial charge in [0.1, 0.15) is 5.56 Å². The van der Waals surface area contributed by atoms with E-state index in [4.69, 9.17) is 4.52 Å². The van der Waals surface area contributed by atoms with Crippen LogP contribution in [0.2, 0.25) is 0 Å². The van der Waals surface area contributed by atoms with Gasteiger partial charge >= 0.3 is 6.04 Å². The summed E-state index contributed by atoms with van der Waals surface area (Å²) in [4.78, 5) is 10.8. The topological polar surface area (TPSA) is 43.1 Å². The van der Waals surface area contributed by atoms with E-state index in [0.29, 0.717) is 5.56 Å². The Hall–Kier alpha value is -2.11. The third-order valence-electron chi connectivity index (χ3n) is 2.72. The fourth-order valence-corrected chi connectivity index (χ4v) is 1.73. The minimum atomic E-state index is -3.39. The lowest BCUT2D eigenvalue weighted by Gasteiger charge is -2.13. The highest BCUT2D eigenvalue weighted by Crippen LogP contribution is 2.40. The number of hydrogen-bond acceptors (Lipinski definition) is 3. The molecular weight excluding hydrogens is 259 g/mol. The second-order valence-electron chi connectivity index (χ2n) is 3.93. The van der Waals surface area contributed by atoms with Crippen LogP contribution >= 0.6 is 0 Å². The zero-order chi connectivity index (χ0) is 14.0. The molecule has 0 saturated carbocycles. The molecule has 100 valence electrons. The van der Waals surface area contributed by atoms with Crippen LogP contribution in [0.5, 0.6) is 0 Å². The summed E-state index contributed by atoms with van der Waals surface area (Å²) in [5, 5.41) is 3.13. The summed E-state index contributed by atoms with van der Waals surface area (Å²) in [6.07, 6.45) is -0.589. The molecule has 0 radical (unpaired) electrons. The number of carbonyl (C=O) groups is 1. The third kappa shape index (κ3) is 2.38. The number of rotatable bonds is 4. The standard InChI is InChI=1S/C13H10F3NO2/c1-2-13(15,16)9-10(12(14)18)17-19-11(9)8-6-4-3-5-7-8/h3-7H,2H2,1H3. The highest BCUT2D eigenvalue weighted by Gasteiger charge is 2.40. The zero-order valence-electron chi connectivity index (χ0n) is 9.99. The maximum absolute atomic E-state index is 13.9. The lowest BCUT2D eigenvalue weighted by molar-refractivity contribution is -0.00907. The first kappa shape index (κ1) is 13.3. The van der Waals surface area contributed by atoms with Crippen LogP contribution in [0.4, 0.5) is 13.2 Å².